The second-order valence-electron chi connectivity index (χ2n) is 3.21. The Morgan fingerprint density at radius 1 is 1.64 bits per heavy atom. The van der Waals surface area contributed by atoms with Crippen molar-refractivity contribution in [2.75, 3.05) is 0 Å². The van der Waals surface area contributed by atoms with E-state index in [0.29, 0.717) is 0 Å². The SMILES string of the molecule is CCCC1(OC(N)=O)CCC1. The lowest BCUT2D eigenvalue weighted by Gasteiger charge is -2.40. The van der Waals surface area contributed by atoms with Gasteiger partial charge in [0.05, 0.1) is 0 Å². The van der Waals surface area contributed by atoms with Gasteiger partial charge in [0.15, 0.2) is 0 Å². The summed E-state index contributed by atoms with van der Waals surface area (Å²) >= 11 is 0. The summed E-state index contributed by atoms with van der Waals surface area (Å²) in [6, 6.07) is 0. The van der Waals surface area contributed by atoms with Crippen molar-refractivity contribution in [2.45, 2.75) is 44.6 Å². The van der Waals surface area contributed by atoms with Crippen molar-refractivity contribution < 1.29 is 9.53 Å². The Hall–Kier alpha value is -0.730. The van der Waals surface area contributed by atoms with Gasteiger partial charge in [-0.2, -0.15) is 0 Å². The van der Waals surface area contributed by atoms with Gasteiger partial charge in [-0.15, -0.1) is 0 Å². The van der Waals surface area contributed by atoms with Crippen molar-refractivity contribution in [3.05, 3.63) is 0 Å². The highest BCUT2D eigenvalue weighted by Crippen LogP contribution is 2.39. The molecule has 0 radical (unpaired) electrons. The number of nitrogens with two attached hydrogens (primary N) is 1. The van der Waals surface area contributed by atoms with Crippen molar-refractivity contribution in [1.29, 1.82) is 0 Å². The maximum atomic E-state index is 10.5. The van der Waals surface area contributed by atoms with Gasteiger partial charge in [-0.1, -0.05) is 13.3 Å². The van der Waals surface area contributed by atoms with Crippen molar-refractivity contribution in [1.82, 2.24) is 0 Å². The first-order valence-corrected chi connectivity index (χ1v) is 4.17. The second-order valence-corrected chi connectivity index (χ2v) is 3.21. The van der Waals surface area contributed by atoms with E-state index in [1.54, 1.807) is 0 Å². The molecular formula is C8H15NO2. The van der Waals surface area contributed by atoms with Gasteiger partial charge < -0.3 is 10.5 Å². The Balaban J connectivity index is 2.39. The molecule has 0 heterocycles. The van der Waals surface area contributed by atoms with Crippen molar-refractivity contribution in [3.8, 4) is 0 Å². The fraction of sp³-hybridized carbons (Fsp3) is 0.875. The van der Waals surface area contributed by atoms with Gasteiger partial charge in [0.25, 0.3) is 0 Å². The molecule has 3 heteroatoms. The van der Waals surface area contributed by atoms with E-state index < -0.39 is 6.09 Å². The Kier molecular flexibility index (Phi) is 2.37. The van der Waals surface area contributed by atoms with Gasteiger partial charge in [-0.3, -0.25) is 0 Å². The molecule has 1 saturated carbocycles. The molecule has 1 aliphatic rings. The molecule has 1 aliphatic carbocycles. The van der Waals surface area contributed by atoms with Crippen LogP contribution in [0.15, 0.2) is 0 Å². The quantitative estimate of drug-likeness (QED) is 0.679. The minimum Gasteiger partial charge on any atom is -0.443 e. The molecule has 0 aromatic heterocycles. The van der Waals surface area contributed by atoms with E-state index in [1.807, 2.05) is 0 Å². The molecule has 0 aromatic carbocycles. The van der Waals surface area contributed by atoms with Crippen LogP contribution in [0.2, 0.25) is 0 Å². The van der Waals surface area contributed by atoms with Crippen molar-refractivity contribution in [2.24, 2.45) is 5.73 Å². The molecule has 3 nitrogen and oxygen atoms in total. The smallest absolute Gasteiger partial charge is 0.405 e. The predicted octanol–water partition coefficient (Wildman–Crippen LogP) is 1.80. The van der Waals surface area contributed by atoms with Gasteiger partial charge in [0, 0.05) is 0 Å². The van der Waals surface area contributed by atoms with Crippen LogP contribution in [-0.2, 0) is 4.74 Å². The molecule has 1 rings (SSSR count). The third-order valence-corrected chi connectivity index (χ3v) is 2.29. The first-order valence-electron chi connectivity index (χ1n) is 4.17. The number of hydrogen-bond acceptors (Lipinski definition) is 2. The van der Waals surface area contributed by atoms with Crippen LogP contribution in [0.25, 0.3) is 0 Å². The van der Waals surface area contributed by atoms with Gasteiger partial charge in [-0.25, -0.2) is 4.79 Å². The van der Waals surface area contributed by atoms with Gasteiger partial charge in [0.2, 0.25) is 0 Å². The van der Waals surface area contributed by atoms with Crippen LogP contribution in [0.1, 0.15) is 39.0 Å². The summed E-state index contributed by atoms with van der Waals surface area (Å²) in [7, 11) is 0. The molecule has 0 aliphatic heterocycles. The zero-order chi connectivity index (χ0) is 8.32. The number of ether oxygens (including phenoxy) is 1. The maximum Gasteiger partial charge on any atom is 0.405 e. The van der Waals surface area contributed by atoms with E-state index in [2.05, 4.69) is 6.92 Å². The van der Waals surface area contributed by atoms with E-state index in [0.717, 1.165) is 32.1 Å². The topological polar surface area (TPSA) is 52.3 Å². The molecule has 2 N–H and O–H groups in total. The molecule has 11 heavy (non-hydrogen) atoms. The first-order chi connectivity index (χ1) is 5.18. The molecule has 0 atom stereocenters. The third-order valence-electron chi connectivity index (χ3n) is 2.29. The number of primary amides is 1. The maximum absolute atomic E-state index is 10.5. The summed E-state index contributed by atoms with van der Waals surface area (Å²) in [5, 5.41) is 0. The van der Waals surface area contributed by atoms with E-state index in [-0.39, 0.29) is 5.60 Å². The summed E-state index contributed by atoms with van der Waals surface area (Å²) in [5.74, 6) is 0. The molecule has 64 valence electrons. The second kappa shape index (κ2) is 3.11. The normalized spacial score (nSPS) is 20.5. The molecule has 1 fully saturated rings. The Labute approximate surface area is 66.9 Å². The van der Waals surface area contributed by atoms with Gasteiger partial charge in [-0.05, 0) is 25.7 Å². The fourth-order valence-corrected chi connectivity index (χ4v) is 1.64. The molecule has 0 unspecified atom stereocenters. The summed E-state index contributed by atoms with van der Waals surface area (Å²) in [6.45, 7) is 2.09. The lowest BCUT2D eigenvalue weighted by molar-refractivity contribution is -0.0500. The number of hydrogen-bond donors (Lipinski definition) is 1. The zero-order valence-corrected chi connectivity index (χ0v) is 6.93. The summed E-state index contributed by atoms with van der Waals surface area (Å²) in [4.78, 5) is 10.5. The van der Waals surface area contributed by atoms with Crippen LogP contribution in [0, 0.1) is 0 Å². The Bertz CT molecular complexity index is 152. The highest BCUT2D eigenvalue weighted by molar-refractivity contribution is 5.65. The predicted molar refractivity (Wildman–Crippen MR) is 42.2 cm³/mol. The summed E-state index contributed by atoms with van der Waals surface area (Å²) < 4.78 is 5.05. The summed E-state index contributed by atoms with van der Waals surface area (Å²) in [5.41, 5.74) is 4.78. The highest BCUT2D eigenvalue weighted by atomic mass is 16.6. The first kappa shape index (κ1) is 8.37. The van der Waals surface area contributed by atoms with E-state index in [1.165, 1.54) is 0 Å². The largest absolute Gasteiger partial charge is 0.443 e. The minimum atomic E-state index is -0.627. The van der Waals surface area contributed by atoms with Crippen LogP contribution in [0.5, 0.6) is 0 Å². The Morgan fingerprint density at radius 2 is 2.27 bits per heavy atom. The standard InChI is InChI=1S/C8H15NO2/c1-2-4-8(5-3-6-8)11-7(9)10/h2-6H2,1H3,(H2,9,10). The number of carbonyl (C=O) groups is 1. The molecule has 0 saturated heterocycles. The van der Waals surface area contributed by atoms with Gasteiger partial charge >= 0.3 is 6.09 Å². The average molecular weight is 157 g/mol. The average Bonchev–Trinajstić information content (AvgIpc) is 1.82. The molecule has 0 bridgehead atoms. The third kappa shape index (κ3) is 1.85. The van der Waals surface area contributed by atoms with Crippen LogP contribution in [-0.4, -0.2) is 11.7 Å². The van der Waals surface area contributed by atoms with Crippen molar-refractivity contribution in [3.63, 3.8) is 0 Å². The number of carbonyl (C=O) groups excluding carboxylic acids is 1. The number of rotatable bonds is 3. The van der Waals surface area contributed by atoms with E-state index >= 15 is 0 Å². The van der Waals surface area contributed by atoms with E-state index in [4.69, 9.17) is 10.5 Å². The van der Waals surface area contributed by atoms with Crippen LogP contribution in [0.3, 0.4) is 0 Å². The summed E-state index contributed by atoms with van der Waals surface area (Å²) in [6.07, 6.45) is 4.52. The molecule has 0 aromatic rings. The molecule has 1 amide bonds. The lowest BCUT2D eigenvalue weighted by Crippen LogP contribution is -2.43. The monoisotopic (exact) mass is 157 g/mol. The molecule has 0 spiro atoms. The minimum absolute atomic E-state index is 0.180. The van der Waals surface area contributed by atoms with Crippen LogP contribution < -0.4 is 5.73 Å². The fourth-order valence-electron chi connectivity index (χ4n) is 1.64. The number of amides is 1. The lowest BCUT2D eigenvalue weighted by atomic mass is 9.77. The van der Waals surface area contributed by atoms with E-state index in [9.17, 15) is 4.79 Å². The van der Waals surface area contributed by atoms with Crippen LogP contribution in [0.4, 0.5) is 4.79 Å². The van der Waals surface area contributed by atoms with Crippen LogP contribution >= 0.6 is 0 Å². The van der Waals surface area contributed by atoms with Crippen molar-refractivity contribution >= 4 is 6.09 Å². The molecular weight excluding hydrogens is 142 g/mol. The zero-order valence-electron chi connectivity index (χ0n) is 6.93. The van der Waals surface area contributed by atoms with Gasteiger partial charge in [0.1, 0.15) is 5.60 Å². The Morgan fingerprint density at radius 3 is 2.55 bits per heavy atom. The highest BCUT2D eigenvalue weighted by Gasteiger charge is 2.39.